The number of carbonyl (C=O) groups is 2. The Balaban J connectivity index is 3.25. The second-order valence-electron chi connectivity index (χ2n) is 5.36. The fourth-order valence-corrected chi connectivity index (χ4v) is 1.34. The van der Waals surface area contributed by atoms with Crippen molar-refractivity contribution < 1.29 is 33.3 Å². The monoisotopic (exact) mass is 410 g/mol. The van der Waals surface area contributed by atoms with E-state index in [0.717, 1.165) is 0 Å². The van der Waals surface area contributed by atoms with Gasteiger partial charge in [-0.15, -0.1) is 0 Å². The van der Waals surface area contributed by atoms with Gasteiger partial charge in [0, 0.05) is 5.57 Å². The molecule has 0 fully saturated rings. The molecule has 0 saturated carbocycles. The summed E-state index contributed by atoms with van der Waals surface area (Å²) in [5.74, 6) is -0.745. The first-order chi connectivity index (χ1) is 11.2. The van der Waals surface area contributed by atoms with E-state index in [9.17, 15) is 9.59 Å². The SMILES string of the molecule is C=C(C)C(=O)OCCOCCOCCOCCOC(=O)C(C)(C)Br. The van der Waals surface area contributed by atoms with Crippen LogP contribution in [0.2, 0.25) is 0 Å². The normalized spacial score (nSPS) is 11.2. The average Bonchev–Trinajstić information content (AvgIpc) is 2.50. The van der Waals surface area contributed by atoms with Crippen LogP contribution in [0.15, 0.2) is 12.2 Å². The maximum atomic E-state index is 11.4. The minimum atomic E-state index is -0.682. The van der Waals surface area contributed by atoms with Gasteiger partial charge in [0.05, 0.1) is 39.6 Å². The fourth-order valence-electron chi connectivity index (χ4n) is 1.22. The Kier molecular flexibility index (Phi) is 12.8. The van der Waals surface area contributed by atoms with Crippen molar-refractivity contribution in [2.24, 2.45) is 0 Å². The second-order valence-corrected chi connectivity index (χ2v) is 7.34. The summed E-state index contributed by atoms with van der Waals surface area (Å²) in [6.07, 6.45) is 0. The minimum Gasteiger partial charge on any atom is -0.462 e. The standard InChI is InChI=1S/C16H27BrO7/c1-13(2)14(18)23-11-9-21-7-5-20-6-8-22-10-12-24-15(19)16(3,4)17/h1,5-12H2,2-4H3. The summed E-state index contributed by atoms with van der Waals surface area (Å²) in [4.78, 5) is 22.5. The van der Waals surface area contributed by atoms with Crippen molar-refractivity contribution in [2.75, 3.05) is 52.9 Å². The van der Waals surface area contributed by atoms with E-state index in [0.29, 0.717) is 45.2 Å². The topological polar surface area (TPSA) is 80.3 Å². The number of alkyl halides is 1. The second kappa shape index (κ2) is 13.3. The maximum Gasteiger partial charge on any atom is 0.333 e. The molecule has 0 aromatic rings. The van der Waals surface area contributed by atoms with Crippen molar-refractivity contribution >= 4 is 27.9 Å². The van der Waals surface area contributed by atoms with Crippen molar-refractivity contribution in [3.05, 3.63) is 12.2 Å². The molecule has 0 aromatic carbocycles. The number of carbonyl (C=O) groups excluding carboxylic acids is 2. The van der Waals surface area contributed by atoms with Crippen LogP contribution in [0.1, 0.15) is 20.8 Å². The molecule has 8 heteroatoms. The molecule has 0 saturated heterocycles. The van der Waals surface area contributed by atoms with E-state index in [2.05, 4.69) is 22.5 Å². The molecule has 0 unspecified atom stereocenters. The highest BCUT2D eigenvalue weighted by Gasteiger charge is 2.25. The van der Waals surface area contributed by atoms with Gasteiger partial charge in [0.25, 0.3) is 0 Å². The summed E-state index contributed by atoms with van der Waals surface area (Å²) in [6, 6.07) is 0. The number of hydrogen-bond donors (Lipinski definition) is 0. The molecule has 0 rings (SSSR count). The predicted molar refractivity (Wildman–Crippen MR) is 92.2 cm³/mol. The lowest BCUT2D eigenvalue weighted by Crippen LogP contribution is -2.27. The van der Waals surface area contributed by atoms with Gasteiger partial charge in [-0.05, 0) is 20.8 Å². The first-order valence-corrected chi connectivity index (χ1v) is 8.46. The summed E-state index contributed by atoms with van der Waals surface area (Å²) < 4.78 is 25.0. The number of esters is 2. The van der Waals surface area contributed by atoms with Crippen molar-refractivity contribution in [3.63, 3.8) is 0 Å². The first-order valence-electron chi connectivity index (χ1n) is 7.67. The largest absolute Gasteiger partial charge is 0.462 e. The Hall–Kier alpha value is -0.960. The summed E-state index contributed by atoms with van der Waals surface area (Å²) in [7, 11) is 0. The molecule has 0 N–H and O–H groups in total. The summed E-state index contributed by atoms with van der Waals surface area (Å²) in [6.45, 7) is 11.2. The zero-order chi connectivity index (χ0) is 18.4. The van der Waals surface area contributed by atoms with Gasteiger partial charge in [0.1, 0.15) is 17.5 Å². The third-order valence-electron chi connectivity index (χ3n) is 2.50. The Morgan fingerprint density at radius 2 is 1.21 bits per heavy atom. The van der Waals surface area contributed by atoms with Crippen LogP contribution in [0.4, 0.5) is 0 Å². The van der Waals surface area contributed by atoms with Crippen LogP contribution in [0.3, 0.4) is 0 Å². The molecule has 7 nitrogen and oxygen atoms in total. The van der Waals surface area contributed by atoms with Gasteiger partial charge in [0.2, 0.25) is 0 Å². The molecule has 24 heavy (non-hydrogen) atoms. The van der Waals surface area contributed by atoms with Crippen LogP contribution in [-0.2, 0) is 33.3 Å². The molecule has 0 aliphatic heterocycles. The van der Waals surface area contributed by atoms with Crippen LogP contribution in [0.25, 0.3) is 0 Å². The van der Waals surface area contributed by atoms with E-state index in [-0.39, 0.29) is 19.2 Å². The van der Waals surface area contributed by atoms with Crippen LogP contribution in [0.5, 0.6) is 0 Å². The van der Waals surface area contributed by atoms with E-state index in [1.165, 1.54) is 0 Å². The molecular weight excluding hydrogens is 384 g/mol. The van der Waals surface area contributed by atoms with E-state index in [1.54, 1.807) is 20.8 Å². The zero-order valence-corrected chi connectivity index (χ0v) is 16.2. The van der Waals surface area contributed by atoms with Crippen molar-refractivity contribution in [3.8, 4) is 0 Å². The molecule has 0 spiro atoms. The van der Waals surface area contributed by atoms with Crippen LogP contribution >= 0.6 is 15.9 Å². The molecule has 0 heterocycles. The number of halogens is 1. The van der Waals surface area contributed by atoms with Gasteiger partial charge in [-0.25, -0.2) is 4.79 Å². The Labute approximate surface area is 151 Å². The Morgan fingerprint density at radius 1 is 0.833 bits per heavy atom. The van der Waals surface area contributed by atoms with Gasteiger partial charge in [0.15, 0.2) is 0 Å². The van der Waals surface area contributed by atoms with Crippen LogP contribution < -0.4 is 0 Å². The predicted octanol–water partition coefficient (Wildman–Crippen LogP) is 1.87. The van der Waals surface area contributed by atoms with Crippen LogP contribution in [-0.4, -0.2) is 69.1 Å². The molecule has 0 bridgehead atoms. The average molecular weight is 411 g/mol. The highest BCUT2D eigenvalue weighted by atomic mass is 79.9. The first kappa shape index (κ1) is 23.0. The lowest BCUT2D eigenvalue weighted by Gasteiger charge is -2.14. The Morgan fingerprint density at radius 3 is 1.58 bits per heavy atom. The molecule has 0 aromatic heterocycles. The van der Waals surface area contributed by atoms with Gasteiger partial charge in [-0.3, -0.25) is 4.79 Å². The van der Waals surface area contributed by atoms with E-state index < -0.39 is 10.3 Å². The van der Waals surface area contributed by atoms with Gasteiger partial charge in [-0.1, -0.05) is 22.5 Å². The van der Waals surface area contributed by atoms with Crippen molar-refractivity contribution in [1.82, 2.24) is 0 Å². The number of hydrogen-bond acceptors (Lipinski definition) is 7. The quantitative estimate of drug-likeness (QED) is 0.187. The number of ether oxygens (including phenoxy) is 5. The highest BCUT2D eigenvalue weighted by Crippen LogP contribution is 2.17. The van der Waals surface area contributed by atoms with Crippen molar-refractivity contribution in [1.29, 1.82) is 0 Å². The summed E-state index contributed by atoms with van der Waals surface area (Å²) >= 11 is 3.22. The third kappa shape index (κ3) is 13.5. The molecule has 0 aliphatic carbocycles. The Bertz CT molecular complexity index is 390. The smallest absolute Gasteiger partial charge is 0.333 e. The van der Waals surface area contributed by atoms with E-state index in [4.69, 9.17) is 23.7 Å². The third-order valence-corrected chi connectivity index (χ3v) is 2.82. The maximum absolute atomic E-state index is 11.4. The zero-order valence-electron chi connectivity index (χ0n) is 14.6. The lowest BCUT2D eigenvalue weighted by atomic mass is 10.2. The summed E-state index contributed by atoms with van der Waals surface area (Å²) in [5.41, 5.74) is 0.365. The molecule has 140 valence electrons. The molecular formula is C16H27BrO7. The van der Waals surface area contributed by atoms with Crippen molar-refractivity contribution in [2.45, 2.75) is 25.1 Å². The molecule has 0 aliphatic rings. The minimum absolute atomic E-state index is 0.193. The summed E-state index contributed by atoms with van der Waals surface area (Å²) in [5, 5.41) is 0. The van der Waals surface area contributed by atoms with E-state index in [1.807, 2.05) is 0 Å². The number of rotatable bonds is 14. The molecule has 0 radical (unpaired) electrons. The van der Waals surface area contributed by atoms with Crippen LogP contribution in [0, 0.1) is 0 Å². The highest BCUT2D eigenvalue weighted by molar-refractivity contribution is 9.10. The molecule has 0 atom stereocenters. The van der Waals surface area contributed by atoms with E-state index >= 15 is 0 Å². The van der Waals surface area contributed by atoms with Gasteiger partial charge < -0.3 is 23.7 Å². The molecule has 0 amide bonds. The fraction of sp³-hybridized carbons (Fsp3) is 0.750. The van der Waals surface area contributed by atoms with Gasteiger partial charge >= 0.3 is 11.9 Å². The van der Waals surface area contributed by atoms with Gasteiger partial charge in [-0.2, -0.15) is 0 Å². The lowest BCUT2D eigenvalue weighted by molar-refractivity contribution is -0.147.